The van der Waals surface area contributed by atoms with Crippen LogP contribution >= 0.6 is 0 Å². The summed E-state index contributed by atoms with van der Waals surface area (Å²) in [6, 6.07) is 20.1. The Morgan fingerprint density at radius 2 is 1.82 bits per heavy atom. The molecule has 5 nitrogen and oxygen atoms in total. The van der Waals surface area contributed by atoms with Gasteiger partial charge in [0.2, 0.25) is 5.91 Å². The molecular weight excluding hydrogens is 348 g/mol. The third kappa shape index (κ3) is 3.73. The largest absolute Gasteiger partial charge is 0.340 e. The lowest BCUT2D eigenvalue weighted by molar-refractivity contribution is -0.132. The maximum atomic E-state index is 12.9. The fourth-order valence-corrected chi connectivity index (χ4v) is 3.86. The van der Waals surface area contributed by atoms with Crippen LogP contribution in [0.2, 0.25) is 0 Å². The van der Waals surface area contributed by atoms with Gasteiger partial charge in [0.05, 0.1) is 12.5 Å². The summed E-state index contributed by atoms with van der Waals surface area (Å²) in [6.07, 6.45) is 3.86. The maximum absolute atomic E-state index is 12.9. The van der Waals surface area contributed by atoms with Crippen LogP contribution in [-0.2, 0) is 11.2 Å². The number of carbonyl (C=O) groups excluding carboxylic acids is 1. The Kier molecular flexibility index (Phi) is 5.31. The number of nitriles is 1. The van der Waals surface area contributed by atoms with Gasteiger partial charge in [-0.25, -0.2) is 0 Å². The lowest BCUT2D eigenvalue weighted by atomic mass is 10.0. The second-order valence-corrected chi connectivity index (χ2v) is 7.05. The van der Waals surface area contributed by atoms with Crippen LogP contribution in [0.25, 0.3) is 10.8 Å². The van der Waals surface area contributed by atoms with Crippen molar-refractivity contribution in [1.82, 2.24) is 14.8 Å². The molecule has 0 spiro atoms. The Bertz CT molecular complexity index is 999. The van der Waals surface area contributed by atoms with E-state index in [-0.39, 0.29) is 11.9 Å². The Balaban J connectivity index is 1.41. The number of fused-ring (bicyclic) bond motifs is 1. The van der Waals surface area contributed by atoms with Crippen LogP contribution in [0.3, 0.4) is 0 Å². The molecule has 1 aliphatic heterocycles. The van der Waals surface area contributed by atoms with Gasteiger partial charge in [-0.2, -0.15) is 5.26 Å². The van der Waals surface area contributed by atoms with Gasteiger partial charge in [0.1, 0.15) is 6.04 Å². The molecule has 0 N–H and O–H groups in total. The number of aromatic nitrogens is 1. The molecule has 0 bridgehead atoms. The molecule has 3 aromatic rings. The third-order valence-corrected chi connectivity index (χ3v) is 5.38. The van der Waals surface area contributed by atoms with Crippen LogP contribution in [0.5, 0.6) is 0 Å². The second kappa shape index (κ2) is 8.20. The average Bonchev–Trinajstić information content (AvgIpc) is 2.76. The number of nitrogens with zero attached hydrogens (tertiary/aromatic N) is 4. The molecule has 1 atom stereocenters. The molecule has 0 radical (unpaired) electrons. The van der Waals surface area contributed by atoms with Crippen LogP contribution in [0.1, 0.15) is 17.2 Å². The quantitative estimate of drug-likeness (QED) is 0.708. The van der Waals surface area contributed by atoms with E-state index in [0.29, 0.717) is 32.6 Å². The van der Waals surface area contributed by atoms with Crippen molar-refractivity contribution in [1.29, 1.82) is 5.26 Å². The minimum absolute atomic E-state index is 0.144. The maximum Gasteiger partial charge on any atom is 0.227 e. The highest BCUT2D eigenvalue weighted by molar-refractivity contribution is 5.90. The monoisotopic (exact) mass is 370 g/mol. The van der Waals surface area contributed by atoms with Gasteiger partial charge in [0.25, 0.3) is 0 Å². The highest BCUT2D eigenvalue weighted by atomic mass is 16.2. The van der Waals surface area contributed by atoms with Crippen molar-refractivity contribution in [3.8, 4) is 6.07 Å². The van der Waals surface area contributed by atoms with E-state index in [1.807, 2.05) is 41.3 Å². The molecule has 0 aliphatic carbocycles. The minimum Gasteiger partial charge on any atom is -0.340 e. The normalized spacial score (nSPS) is 15.9. The SMILES string of the molecule is N#CC(c1cccnc1)N1CCN(C(=O)Cc2cccc3ccccc23)CC1. The molecule has 1 amide bonds. The predicted octanol–water partition coefficient (Wildman–Crippen LogP) is 3.19. The molecule has 2 heterocycles. The van der Waals surface area contributed by atoms with E-state index in [0.717, 1.165) is 21.9 Å². The second-order valence-electron chi connectivity index (χ2n) is 7.05. The summed E-state index contributed by atoms with van der Waals surface area (Å²) >= 11 is 0. The molecule has 2 aromatic carbocycles. The van der Waals surface area contributed by atoms with E-state index in [4.69, 9.17) is 0 Å². The summed E-state index contributed by atoms with van der Waals surface area (Å²) < 4.78 is 0. The van der Waals surface area contributed by atoms with Crippen LogP contribution in [0, 0.1) is 11.3 Å². The minimum atomic E-state index is -0.316. The van der Waals surface area contributed by atoms with Gasteiger partial charge in [-0.15, -0.1) is 0 Å². The molecule has 1 aromatic heterocycles. The Labute approximate surface area is 164 Å². The van der Waals surface area contributed by atoms with Crippen molar-refractivity contribution >= 4 is 16.7 Å². The van der Waals surface area contributed by atoms with E-state index in [1.165, 1.54) is 0 Å². The average molecular weight is 370 g/mol. The van der Waals surface area contributed by atoms with Gasteiger partial charge in [-0.3, -0.25) is 14.7 Å². The molecule has 1 unspecified atom stereocenters. The summed E-state index contributed by atoms with van der Waals surface area (Å²) in [6.45, 7) is 2.66. The van der Waals surface area contributed by atoms with Crippen molar-refractivity contribution in [2.45, 2.75) is 12.5 Å². The van der Waals surface area contributed by atoms with Crippen LogP contribution < -0.4 is 0 Å². The standard InChI is InChI=1S/C23H22N4O/c24-16-22(20-8-4-10-25-17-20)26-11-13-27(14-12-26)23(28)15-19-7-3-6-18-5-1-2-9-21(18)19/h1-10,17,22H,11-15H2. The molecule has 5 heteroatoms. The van der Waals surface area contributed by atoms with Gasteiger partial charge < -0.3 is 4.90 Å². The van der Waals surface area contributed by atoms with Gasteiger partial charge in [0.15, 0.2) is 0 Å². The van der Waals surface area contributed by atoms with E-state index in [9.17, 15) is 10.1 Å². The molecule has 4 rings (SSSR count). The zero-order chi connectivity index (χ0) is 19.3. The molecule has 1 aliphatic rings. The first-order chi connectivity index (χ1) is 13.8. The summed E-state index contributed by atoms with van der Waals surface area (Å²) in [5, 5.41) is 11.9. The molecule has 28 heavy (non-hydrogen) atoms. The van der Waals surface area contributed by atoms with Crippen molar-refractivity contribution in [3.05, 3.63) is 78.1 Å². The predicted molar refractivity (Wildman–Crippen MR) is 108 cm³/mol. The Morgan fingerprint density at radius 3 is 2.57 bits per heavy atom. The van der Waals surface area contributed by atoms with Gasteiger partial charge >= 0.3 is 0 Å². The first-order valence-electron chi connectivity index (χ1n) is 9.54. The topological polar surface area (TPSA) is 60.2 Å². The lowest BCUT2D eigenvalue weighted by Crippen LogP contribution is -2.49. The molecule has 140 valence electrons. The summed E-state index contributed by atoms with van der Waals surface area (Å²) in [4.78, 5) is 21.0. The number of hydrogen-bond donors (Lipinski definition) is 0. The zero-order valence-electron chi connectivity index (χ0n) is 15.7. The van der Waals surface area contributed by atoms with Crippen LogP contribution in [-0.4, -0.2) is 46.9 Å². The van der Waals surface area contributed by atoms with Crippen molar-refractivity contribution in [3.63, 3.8) is 0 Å². The molecular formula is C23H22N4O. The summed E-state index contributed by atoms with van der Waals surface area (Å²) in [5.41, 5.74) is 1.97. The summed E-state index contributed by atoms with van der Waals surface area (Å²) in [5.74, 6) is 0.144. The molecule has 0 saturated carbocycles. The van der Waals surface area contributed by atoms with Gasteiger partial charge in [0, 0.05) is 44.1 Å². The van der Waals surface area contributed by atoms with Crippen molar-refractivity contribution in [2.75, 3.05) is 26.2 Å². The number of pyridine rings is 1. The highest BCUT2D eigenvalue weighted by Gasteiger charge is 2.27. The number of benzene rings is 2. The fourth-order valence-electron chi connectivity index (χ4n) is 3.86. The number of amides is 1. The van der Waals surface area contributed by atoms with Crippen LogP contribution in [0.4, 0.5) is 0 Å². The first-order valence-corrected chi connectivity index (χ1v) is 9.54. The van der Waals surface area contributed by atoms with Gasteiger partial charge in [-0.05, 0) is 22.4 Å². The summed E-state index contributed by atoms with van der Waals surface area (Å²) in [7, 11) is 0. The molecule has 1 fully saturated rings. The van der Waals surface area contributed by atoms with E-state index >= 15 is 0 Å². The number of piperazine rings is 1. The van der Waals surface area contributed by atoms with Crippen LogP contribution in [0.15, 0.2) is 67.0 Å². The third-order valence-electron chi connectivity index (χ3n) is 5.38. The van der Waals surface area contributed by atoms with E-state index < -0.39 is 0 Å². The highest BCUT2D eigenvalue weighted by Crippen LogP contribution is 2.22. The fraction of sp³-hybridized carbons (Fsp3) is 0.261. The van der Waals surface area contributed by atoms with Gasteiger partial charge in [-0.1, -0.05) is 48.5 Å². The molecule has 1 saturated heterocycles. The first kappa shape index (κ1) is 18.1. The zero-order valence-corrected chi connectivity index (χ0v) is 15.7. The van der Waals surface area contributed by atoms with E-state index in [1.54, 1.807) is 12.4 Å². The number of rotatable bonds is 4. The van der Waals surface area contributed by atoms with Crippen molar-refractivity contribution in [2.24, 2.45) is 0 Å². The lowest BCUT2D eigenvalue weighted by Gasteiger charge is -2.37. The number of hydrogen-bond acceptors (Lipinski definition) is 4. The van der Waals surface area contributed by atoms with E-state index in [2.05, 4.69) is 34.2 Å². The Hall–Kier alpha value is -3.23. The Morgan fingerprint density at radius 1 is 1.04 bits per heavy atom. The smallest absolute Gasteiger partial charge is 0.227 e. The van der Waals surface area contributed by atoms with Crippen molar-refractivity contribution < 1.29 is 4.79 Å². The number of carbonyl (C=O) groups is 1.